The Morgan fingerprint density at radius 1 is 1.28 bits per heavy atom. The van der Waals surface area contributed by atoms with E-state index in [2.05, 4.69) is 26.1 Å². The Labute approximate surface area is 183 Å². The molecule has 29 heavy (non-hydrogen) atoms. The van der Waals surface area contributed by atoms with Gasteiger partial charge in [0.15, 0.2) is 12.4 Å². The normalized spacial score (nSPS) is 11.0. The maximum Gasteiger partial charge on any atom is 0.274 e. The topological polar surface area (TPSA) is 65.2 Å². The van der Waals surface area contributed by atoms with Crippen LogP contribution in [-0.2, 0) is 19.8 Å². The van der Waals surface area contributed by atoms with Gasteiger partial charge in [-0.1, -0.05) is 27.5 Å². The second-order valence-corrected chi connectivity index (χ2v) is 8.04. The minimum Gasteiger partial charge on any atom is -0.470 e. The summed E-state index contributed by atoms with van der Waals surface area (Å²) < 4.78 is 10.1. The van der Waals surface area contributed by atoms with Crippen LogP contribution in [0.15, 0.2) is 34.9 Å². The van der Waals surface area contributed by atoms with Crippen LogP contribution in [0.3, 0.4) is 0 Å². The number of rotatable bonds is 7. The van der Waals surface area contributed by atoms with Gasteiger partial charge in [-0.05, 0) is 45.0 Å². The zero-order valence-electron chi connectivity index (χ0n) is 16.8. The Bertz CT molecular complexity index is 1030. The largest absolute Gasteiger partial charge is 0.470 e. The van der Waals surface area contributed by atoms with E-state index in [4.69, 9.17) is 16.3 Å². The monoisotopic (exact) mass is 479 g/mol. The highest BCUT2D eigenvalue weighted by Crippen LogP contribution is 2.27. The van der Waals surface area contributed by atoms with Crippen molar-refractivity contribution in [3.8, 4) is 5.75 Å². The lowest BCUT2D eigenvalue weighted by atomic mass is 10.2. The number of carbonyl (C=O) groups is 1. The lowest BCUT2D eigenvalue weighted by Gasteiger charge is -2.16. The molecule has 0 spiro atoms. The van der Waals surface area contributed by atoms with Gasteiger partial charge >= 0.3 is 0 Å². The van der Waals surface area contributed by atoms with Gasteiger partial charge in [0.05, 0.1) is 10.7 Å². The highest BCUT2D eigenvalue weighted by atomic mass is 79.9. The number of aryl methyl sites for hydroxylation is 2. The summed E-state index contributed by atoms with van der Waals surface area (Å²) in [4.78, 5) is 14.4. The first-order valence-corrected chi connectivity index (χ1v) is 10.4. The van der Waals surface area contributed by atoms with Crippen LogP contribution in [0.25, 0.3) is 0 Å². The maximum atomic E-state index is 12.8. The van der Waals surface area contributed by atoms with Crippen molar-refractivity contribution >= 4 is 33.4 Å². The molecular weight excluding hydrogens is 458 g/mol. The van der Waals surface area contributed by atoms with Crippen molar-refractivity contribution in [3.05, 3.63) is 62.6 Å². The predicted molar refractivity (Wildman–Crippen MR) is 115 cm³/mol. The van der Waals surface area contributed by atoms with Crippen LogP contribution in [0.1, 0.15) is 34.4 Å². The van der Waals surface area contributed by atoms with Gasteiger partial charge in [-0.15, -0.1) is 0 Å². The Kier molecular flexibility index (Phi) is 6.64. The zero-order valence-corrected chi connectivity index (χ0v) is 19.2. The number of ether oxygens (including phenoxy) is 1. The SMILES string of the molecule is CCn1nc(C)c(CN(C)C(=O)c2ccn(COc3ccc(Br)cc3Cl)n2)c1C. The fraction of sp³-hybridized carbons (Fsp3) is 0.350. The van der Waals surface area contributed by atoms with Crippen LogP contribution in [0.2, 0.25) is 5.02 Å². The van der Waals surface area contributed by atoms with Gasteiger partial charge in [0, 0.05) is 42.1 Å². The molecule has 3 aromatic rings. The lowest BCUT2D eigenvalue weighted by molar-refractivity contribution is 0.0776. The third-order valence-corrected chi connectivity index (χ3v) is 5.47. The molecule has 0 aliphatic rings. The average Bonchev–Trinajstić information content (AvgIpc) is 3.26. The fourth-order valence-corrected chi connectivity index (χ4v) is 3.78. The molecule has 1 aromatic carbocycles. The third-order valence-electron chi connectivity index (χ3n) is 4.68. The quantitative estimate of drug-likeness (QED) is 0.501. The van der Waals surface area contributed by atoms with Crippen molar-refractivity contribution in [2.24, 2.45) is 0 Å². The molecule has 0 bridgehead atoms. The molecule has 0 fully saturated rings. The van der Waals surface area contributed by atoms with E-state index in [1.807, 2.05) is 31.5 Å². The lowest BCUT2D eigenvalue weighted by Crippen LogP contribution is -2.27. The van der Waals surface area contributed by atoms with E-state index in [0.717, 1.165) is 28.0 Å². The van der Waals surface area contributed by atoms with E-state index in [-0.39, 0.29) is 12.6 Å². The molecular formula is C20H23BrClN5O2. The van der Waals surface area contributed by atoms with Crippen LogP contribution >= 0.6 is 27.5 Å². The molecule has 0 aliphatic heterocycles. The standard InChI is InChI=1S/C20H23BrClN5O2/c1-5-27-14(3)16(13(2)23-27)11-25(4)20(28)18-8-9-26(24-18)12-29-19-7-6-15(21)10-17(19)22/h6-10H,5,11-12H2,1-4H3. The summed E-state index contributed by atoms with van der Waals surface area (Å²) in [6.07, 6.45) is 1.71. The number of hydrogen-bond donors (Lipinski definition) is 0. The first-order chi connectivity index (χ1) is 13.8. The smallest absolute Gasteiger partial charge is 0.274 e. The van der Waals surface area contributed by atoms with E-state index in [1.165, 1.54) is 0 Å². The van der Waals surface area contributed by atoms with Crippen molar-refractivity contribution in [3.63, 3.8) is 0 Å². The molecule has 0 radical (unpaired) electrons. The first kappa shape index (κ1) is 21.4. The van der Waals surface area contributed by atoms with Gasteiger partial charge in [0.1, 0.15) is 5.75 Å². The molecule has 3 rings (SSSR count). The Morgan fingerprint density at radius 3 is 2.69 bits per heavy atom. The summed E-state index contributed by atoms with van der Waals surface area (Å²) in [5, 5.41) is 9.34. The number of nitrogens with zero attached hydrogens (tertiary/aromatic N) is 5. The number of aromatic nitrogens is 4. The molecule has 9 heteroatoms. The molecule has 154 valence electrons. The number of amides is 1. The van der Waals surface area contributed by atoms with Crippen LogP contribution in [0.4, 0.5) is 0 Å². The average molecular weight is 481 g/mol. The van der Waals surface area contributed by atoms with E-state index in [0.29, 0.717) is 23.0 Å². The highest BCUT2D eigenvalue weighted by molar-refractivity contribution is 9.10. The van der Waals surface area contributed by atoms with Crippen molar-refractivity contribution in [1.29, 1.82) is 0 Å². The van der Waals surface area contributed by atoms with Gasteiger partial charge < -0.3 is 9.64 Å². The second-order valence-electron chi connectivity index (χ2n) is 6.71. The molecule has 0 unspecified atom stereocenters. The number of hydrogen-bond acceptors (Lipinski definition) is 4. The number of carbonyl (C=O) groups excluding carboxylic acids is 1. The molecule has 0 N–H and O–H groups in total. The van der Waals surface area contributed by atoms with Crippen LogP contribution in [0, 0.1) is 13.8 Å². The third kappa shape index (κ3) is 4.82. The number of halogens is 2. The molecule has 7 nitrogen and oxygen atoms in total. The van der Waals surface area contributed by atoms with Gasteiger partial charge in [-0.2, -0.15) is 10.2 Å². The van der Waals surface area contributed by atoms with Gasteiger partial charge in [0.25, 0.3) is 5.91 Å². The van der Waals surface area contributed by atoms with E-state index in [9.17, 15) is 4.79 Å². The Balaban J connectivity index is 1.65. The van der Waals surface area contributed by atoms with Gasteiger partial charge in [-0.3, -0.25) is 9.48 Å². The van der Waals surface area contributed by atoms with Crippen LogP contribution in [-0.4, -0.2) is 37.4 Å². The van der Waals surface area contributed by atoms with Crippen LogP contribution in [0.5, 0.6) is 5.75 Å². The minimum atomic E-state index is -0.159. The summed E-state index contributed by atoms with van der Waals surface area (Å²) in [6, 6.07) is 7.06. The Morgan fingerprint density at radius 2 is 2.03 bits per heavy atom. The van der Waals surface area contributed by atoms with Crippen molar-refractivity contribution in [2.75, 3.05) is 7.05 Å². The molecule has 0 saturated heterocycles. The predicted octanol–water partition coefficient (Wildman–Crippen LogP) is 4.44. The second kappa shape index (κ2) is 9.00. The van der Waals surface area contributed by atoms with Crippen molar-refractivity contribution in [1.82, 2.24) is 24.5 Å². The van der Waals surface area contributed by atoms with Crippen LogP contribution < -0.4 is 4.74 Å². The molecule has 2 heterocycles. The van der Waals surface area contributed by atoms with E-state index in [1.54, 1.807) is 41.0 Å². The molecule has 0 aliphatic carbocycles. The molecule has 1 amide bonds. The van der Waals surface area contributed by atoms with Gasteiger partial charge in [0.2, 0.25) is 0 Å². The van der Waals surface area contributed by atoms with Gasteiger partial charge in [-0.25, -0.2) is 4.68 Å². The summed E-state index contributed by atoms with van der Waals surface area (Å²) in [5.74, 6) is 0.391. The molecule has 2 aromatic heterocycles. The summed E-state index contributed by atoms with van der Waals surface area (Å²) in [7, 11) is 1.77. The zero-order chi connectivity index (χ0) is 21.1. The number of benzene rings is 1. The maximum absolute atomic E-state index is 12.8. The first-order valence-electron chi connectivity index (χ1n) is 9.19. The Hall–Kier alpha value is -2.32. The van der Waals surface area contributed by atoms with E-state index >= 15 is 0 Å². The van der Waals surface area contributed by atoms with Crippen molar-refractivity contribution < 1.29 is 9.53 Å². The minimum absolute atomic E-state index is 0.153. The summed E-state index contributed by atoms with van der Waals surface area (Å²) in [6.45, 7) is 7.47. The molecule has 0 atom stereocenters. The highest BCUT2D eigenvalue weighted by Gasteiger charge is 2.19. The fourth-order valence-electron chi connectivity index (χ4n) is 3.05. The van der Waals surface area contributed by atoms with Crippen molar-refractivity contribution in [2.45, 2.75) is 40.6 Å². The summed E-state index contributed by atoms with van der Waals surface area (Å²) in [5.41, 5.74) is 3.44. The molecule has 0 saturated carbocycles. The van der Waals surface area contributed by atoms with E-state index < -0.39 is 0 Å². The summed E-state index contributed by atoms with van der Waals surface area (Å²) >= 11 is 9.51.